The predicted molar refractivity (Wildman–Crippen MR) is 103 cm³/mol. The quantitative estimate of drug-likeness (QED) is 0.749. The fraction of sp³-hybridized carbons (Fsp3) is 0.500. The Morgan fingerprint density at radius 3 is 3.07 bits per heavy atom. The summed E-state index contributed by atoms with van der Waals surface area (Å²) >= 11 is 0. The minimum atomic E-state index is -0.693. The van der Waals surface area contributed by atoms with Gasteiger partial charge >= 0.3 is 0 Å². The molecule has 9 heteroatoms. The van der Waals surface area contributed by atoms with Crippen molar-refractivity contribution in [1.82, 2.24) is 25.0 Å². The summed E-state index contributed by atoms with van der Waals surface area (Å²) < 4.78 is 12.5. The van der Waals surface area contributed by atoms with Crippen LogP contribution in [-0.4, -0.2) is 71.4 Å². The third kappa shape index (κ3) is 3.69. The van der Waals surface area contributed by atoms with Gasteiger partial charge in [0.2, 0.25) is 11.8 Å². The van der Waals surface area contributed by atoms with Crippen LogP contribution in [0.1, 0.15) is 15.9 Å². The van der Waals surface area contributed by atoms with Crippen molar-refractivity contribution in [3.63, 3.8) is 0 Å². The maximum atomic E-state index is 13.1. The summed E-state index contributed by atoms with van der Waals surface area (Å²) in [7, 11) is 3.38. The highest BCUT2D eigenvalue weighted by molar-refractivity contribution is 5.96. The number of carbonyl (C=O) groups excluding carboxylic acids is 2. The molecule has 2 saturated heterocycles. The molecule has 4 heterocycles. The van der Waals surface area contributed by atoms with Crippen LogP contribution in [0.4, 0.5) is 0 Å². The van der Waals surface area contributed by atoms with Gasteiger partial charge in [-0.05, 0) is 18.1 Å². The first-order valence-corrected chi connectivity index (χ1v) is 9.65. The summed E-state index contributed by atoms with van der Waals surface area (Å²) in [4.78, 5) is 31.8. The van der Waals surface area contributed by atoms with E-state index in [0.717, 1.165) is 5.56 Å². The molecule has 2 aliphatic heterocycles. The number of carbonyl (C=O) groups is 2. The molecule has 2 aromatic heterocycles. The number of pyridine rings is 1. The first-order chi connectivity index (χ1) is 14.0. The summed E-state index contributed by atoms with van der Waals surface area (Å²) in [5.74, 6) is 0.212. The lowest BCUT2D eigenvalue weighted by atomic mass is 9.80. The molecule has 0 spiro atoms. The van der Waals surface area contributed by atoms with Gasteiger partial charge in [-0.15, -0.1) is 0 Å². The molecule has 2 amide bonds. The van der Waals surface area contributed by atoms with Gasteiger partial charge in [0.05, 0.1) is 31.9 Å². The van der Waals surface area contributed by atoms with Gasteiger partial charge in [0.15, 0.2) is 0 Å². The lowest BCUT2D eigenvalue weighted by molar-refractivity contribution is -0.131. The molecular weight excluding hydrogens is 374 g/mol. The number of aromatic nitrogens is 3. The standard InChI is InChI=1S/C20H25N5O4/c1-24-9-14(8-23-24)3-5-22-19(27)20-12-25(10-16(20)11-29-13-20)18(26)15-4-6-21-17(7-15)28-2/h4,6-9,16H,3,5,10-13H2,1-2H3,(H,22,27)/t16-,20-/m0/s1. The largest absolute Gasteiger partial charge is 0.481 e. The second kappa shape index (κ2) is 7.82. The average Bonchev–Trinajstić information content (AvgIpc) is 3.41. The van der Waals surface area contributed by atoms with Crippen LogP contribution in [-0.2, 0) is 23.0 Å². The van der Waals surface area contributed by atoms with Crippen LogP contribution >= 0.6 is 0 Å². The van der Waals surface area contributed by atoms with E-state index in [2.05, 4.69) is 15.4 Å². The van der Waals surface area contributed by atoms with E-state index in [1.807, 2.05) is 13.2 Å². The van der Waals surface area contributed by atoms with Crippen molar-refractivity contribution in [1.29, 1.82) is 0 Å². The second-order valence-electron chi connectivity index (χ2n) is 7.67. The molecular formula is C20H25N5O4. The van der Waals surface area contributed by atoms with E-state index >= 15 is 0 Å². The number of amides is 2. The summed E-state index contributed by atoms with van der Waals surface area (Å²) in [6, 6.07) is 3.28. The van der Waals surface area contributed by atoms with E-state index in [1.54, 1.807) is 34.1 Å². The minimum Gasteiger partial charge on any atom is -0.481 e. The number of hydrogen-bond donors (Lipinski definition) is 1. The molecule has 9 nitrogen and oxygen atoms in total. The van der Waals surface area contributed by atoms with E-state index in [9.17, 15) is 9.59 Å². The summed E-state index contributed by atoms with van der Waals surface area (Å²) in [5.41, 5.74) is 0.881. The number of nitrogens with one attached hydrogen (secondary N) is 1. The zero-order valence-corrected chi connectivity index (χ0v) is 16.6. The van der Waals surface area contributed by atoms with Gasteiger partial charge in [0.1, 0.15) is 0 Å². The lowest BCUT2D eigenvalue weighted by Gasteiger charge is -2.26. The maximum Gasteiger partial charge on any atom is 0.254 e. The van der Waals surface area contributed by atoms with Crippen molar-refractivity contribution < 1.29 is 19.1 Å². The van der Waals surface area contributed by atoms with Gasteiger partial charge in [0, 0.05) is 56.6 Å². The molecule has 0 aliphatic carbocycles. The Bertz CT molecular complexity index is 914. The zero-order chi connectivity index (χ0) is 20.4. The number of likely N-dealkylation sites (tertiary alicyclic amines) is 1. The zero-order valence-electron chi connectivity index (χ0n) is 16.6. The third-order valence-electron chi connectivity index (χ3n) is 5.76. The Labute approximate surface area is 169 Å². The molecule has 0 radical (unpaired) electrons. The highest BCUT2D eigenvalue weighted by Crippen LogP contribution is 2.42. The number of aryl methyl sites for hydroxylation is 1. The average molecular weight is 399 g/mol. The van der Waals surface area contributed by atoms with E-state index in [0.29, 0.717) is 50.7 Å². The van der Waals surface area contributed by atoms with Crippen molar-refractivity contribution in [3.8, 4) is 5.88 Å². The fourth-order valence-corrected chi connectivity index (χ4v) is 4.15. The summed E-state index contributed by atoms with van der Waals surface area (Å²) in [6.07, 6.45) is 5.99. The molecule has 2 aromatic rings. The van der Waals surface area contributed by atoms with Crippen LogP contribution in [0.5, 0.6) is 5.88 Å². The molecule has 2 fully saturated rings. The normalized spacial score (nSPS) is 23.1. The molecule has 1 N–H and O–H groups in total. The number of ether oxygens (including phenoxy) is 2. The molecule has 29 heavy (non-hydrogen) atoms. The Kier molecular flexibility index (Phi) is 5.23. The van der Waals surface area contributed by atoms with Gasteiger partial charge in [-0.1, -0.05) is 0 Å². The minimum absolute atomic E-state index is 0.00595. The first kappa shape index (κ1) is 19.4. The highest BCUT2D eigenvalue weighted by Gasteiger charge is 2.56. The Balaban J connectivity index is 1.42. The Hall–Kier alpha value is -2.94. The third-order valence-corrected chi connectivity index (χ3v) is 5.76. The molecule has 4 rings (SSSR count). The number of methoxy groups -OCH3 is 1. The van der Waals surface area contributed by atoms with Gasteiger partial charge in [0.25, 0.3) is 5.91 Å². The van der Waals surface area contributed by atoms with Gasteiger partial charge < -0.3 is 19.7 Å². The van der Waals surface area contributed by atoms with Crippen LogP contribution in [0.2, 0.25) is 0 Å². The monoisotopic (exact) mass is 399 g/mol. The molecule has 0 bridgehead atoms. The van der Waals surface area contributed by atoms with E-state index in [4.69, 9.17) is 9.47 Å². The predicted octanol–water partition coefficient (Wildman–Crippen LogP) is 0.271. The van der Waals surface area contributed by atoms with Gasteiger partial charge in [-0.2, -0.15) is 5.10 Å². The summed E-state index contributed by atoms with van der Waals surface area (Å²) in [5, 5.41) is 7.18. The number of nitrogens with zero attached hydrogens (tertiary/aromatic N) is 4. The number of rotatable bonds is 6. The van der Waals surface area contributed by atoms with Crippen molar-refractivity contribution in [2.24, 2.45) is 18.4 Å². The number of hydrogen-bond acceptors (Lipinski definition) is 6. The highest BCUT2D eigenvalue weighted by atomic mass is 16.5. The van der Waals surface area contributed by atoms with Gasteiger partial charge in [-0.25, -0.2) is 4.98 Å². The SMILES string of the molecule is COc1cc(C(=O)N2C[C@H]3COC[C@@]3(C(=O)NCCc3cnn(C)c3)C2)ccn1. The maximum absolute atomic E-state index is 13.1. The molecule has 0 saturated carbocycles. The van der Waals surface area contributed by atoms with Crippen LogP contribution in [0.15, 0.2) is 30.7 Å². The Morgan fingerprint density at radius 1 is 1.45 bits per heavy atom. The molecule has 2 aliphatic rings. The van der Waals surface area contributed by atoms with Crippen molar-refractivity contribution >= 4 is 11.8 Å². The fourth-order valence-electron chi connectivity index (χ4n) is 4.15. The van der Waals surface area contributed by atoms with Crippen LogP contribution in [0.25, 0.3) is 0 Å². The van der Waals surface area contributed by atoms with Crippen LogP contribution < -0.4 is 10.1 Å². The van der Waals surface area contributed by atoms with Gasteiger partial charge in [-0.3, -0.25) is 14.3 Å². The topological polar surface area (TPSA) is 98.6 Å². The Morgan fingerprint density at radius 2 is 2.31 bits per heavy atom. The van der Waals surface area contributed by atoms with E-state index in [1.165, 1.54) is 7.11 Å². The first-order valence-electron chi connectivity index (χ1n) is 9.65. The molecule has 0 aromatic carbocycles. The van der Waals surface area contributed by atoms with Crippen molar-refractivity contribution in [3.05, 3.63) is 41.9 Å². The van der Waals surface area contributed by atoms with Crippen molar-refractivity contribution in [2.75, 3.05) is 40.0 Å². The van der Waals surface area contributed by atoms with E-state index < -0.39 is 5.41 Å². The second-order valence-corrected chi connectivity index (χ2v) is 7.67. The van der Waals surface area contributed by atoms with E-state index in [-0.39, 0.29) is 17.7 Å². The summed E-state index contributed by atoms with van der Waals surface area (Å²) in [6.45, 7) is 2.19. The lowest BCUT2D eigenvalue weighted by Crippen LogP contribution is -2.47. The smallest absolute Gasteiger partial charge is 0.254 e. The molecule has 0 unspecified atom stereocenters. The van der Waals surface area contributed by atoms with Crippen LogP contribution in [0, 0.1) is 11.3 Å². The van der Waals surface area contributed by atoms with Crippen molar-refractivity contribution in [2.45, 2.75) is 6.42 Å². The number of fused-ring (bicyclic) bond motifs is 1. The van der Waals surface area contributed by atoms with Crippen LogP contribution in [0.3, 0.4) is 0 Å². The molecule has 154 valence electrons. The molecule has 2 atom stereocenters.